The van der Waals surface area contributed by atoms with Gasteiger partial charge in [0.15, 0.2) is 0 Å². The van der Waals surface area contributed by atoms with Crippen LogP contribution in [-0.2, 0) is 10.2 Å². The molecule has 1 atom stereocenters. The van der Waals surface area contributed by atoms with E-state index in [0.29, 0.717) is 25.7 Å². The Bertz CT molecular complexity index is 703. The molecule has 3 rings (SSSR count). The van der Waals surface area contributed by atoms with Crippen molar-refractivity contribution in [2.45, 2.75) is 58.4 Å². The zero-order valence-corrected chi connectivity index (χ0v) is 18.4. The van der Waals surface area contributed by atoms with Crippen molar-refractivity contribution in [2.24, 2.45) is 0 Å². The Kier molecular flexibility index (Phi) is 6.83. The summed E-state index contributed by atoms with van der Waals surface area (Å²) in [7, 11) is 0. The molecule has 3 amide bonds. The van der Waals surface area contributed by atoms with E-state index >= 15 is 0 Å². The van der Waals surface area contributed by atoms with Crippen LogP contribution in [0, 0.1) is 0 Å². The highest BCUT2D eigenvalue weighted by molar-refractivity contribution is 5.89. The van der Waals surface area contributed by atoms with Gasteiger partial charge in [-0.1, -0.05) is 32.9 Å². The molecule has 0 bridgehead atoms. The SMILES string of the molecule is CC1CCCCN1C(=O)CN1CCN(C(=O)Nc2ccc(C(C)(C)C)cc2)CC1. The first kappa shape index (κ1) is 21.6. The maximum Gasteiger partial charge on any atom is 0.321 e. The lowest BCUT2D eigenvalue weighted by molar-refractivity contribution is -0.136. The summed E-state index contributed by atoms with van der Waals surface area (Å²) < 4.78 is 0. The number of benzene rings is 1. The Labute approximate surface area is 175 Å². The monoisotopic (exact) mass is 400 g/mol. The van der Waals surface area contributed by atoms with Gasteiger partial charge >= 0.3 is 6.03 Å². The molecule has 1 N–H and O–H groups in total. The molecule has 2 aliphatic rings. The van der Waals surface area contributed by atoms with E-state index in [1.165, 1.54) is 12.0 Å². The summed E-state index contributed by atoms with van der Waals surface area (Å²) in [6.45, 7) is 12.8. The summed E-state index contributed by atoms with van der Waals surface area (Å²) in [6, 6.07) is 8.36. The topological polar surface area (TPSA) is 55.9 Å². The van der Waals surface area contributed by atoms with Gasteiger partial charge in [-0.25, -0.2) is 4.79 Å². The van der Waals surface area contributed by atoms with Gasteiger partial charge < -0.3 is 15.1 Å². The van der Waals surface area contributed by atoms with Gasteiger partial charge in [-0.15, -0.1) is 0 Å². The molecule has 6 nitrogen and oxygen atoms in total. The Morgan fingerprint density at radius 2 is 1.66 bits per heavy atom. The number of piperazine rings is 1. The van der Waals surface area contributed by atoms with Crippen LogP contribution >= 0.6 is 0 Å². The number of hydrogen-bond acceptors (Lipinski definition) is 3. The smallest absolute Gasteiger partial charge is 0.321 e. The molecular formula is C23H36N4O2. The Balaban J connectivity index is 1.45. The van der Waals surface area contributed by atoms with Crippen LogP contribution in [0.15, 0.2) is 24.3 Å². The molecule has 0 aromatic heterocycles. The molecule has 2 saturated heterocycles. The molecule has 2 heterocycles. The van der Waals surface area contributed by atoms with Crippen molar-refractivity contribution in [3.8, 4) is 0 Å². The van der Waals surface area contributed by atoms with Crippen molar-refractivity contribution in [3.63, 3.8) is 0 Å². The summed E-state index contributed by atoms with van der Waals surface area (Å²) in [5, 5.41) is 3.00. The van der Waals surface area contributed by atoms with E-state index in [2.05, 4.69) is 50.0 Å². The molecule has 0 radical (unpaired) electrons. The van der Waals surface area contributed by atoms with E-state index < -0.39 is 0 Å². The molecule has 0 spiro atoms. The van der Waals surface area contributed by atoms with Crippen LogP contribution < -0.4 is 5.32 Å². The fourth-order valence-electron chi connectivity index (χ4n) is 4.12. The second-order valence-corrected chi connectivity index (χ2v) is 9.45. The summed E-state index contributed by atoms with van der Waals surface area (Å²) in [6.07, 6.45) is 3.44. The number of carbonyl (C=O) groups excluding carboxylic acids is 2. The van der Waals surface area contributed by atoms with Gasteiger partial charge in [-0.3, -0.25) is 9.69 Å². The van der Waals surface area contributed by atoms with Crippen molar-refractivity contribution in [3.05, 3.63) is 29.8 Å². The Morgan fingerprint density at radius 1 is 1.00 bits per heavy atom. The summed E-state index contributed by atoms with van der Waals surface area (Å²) in [5.74, 6) is 0.231. The van der Waals surface area contributed by atoms with Gasteiger partial charge in [-0.2, -0.15) is 0 Å². The normalized spacial score (nSPS) is 21.2. The summed E-state index contributed by atoms with van der Waals surface area (Å²) in [5.41, 5.74) is 2.17. The highest BCUT2D eigenvalue weighted by atomic mass is 16.2. The van der Waals surface area contributed by atoms with Crippen LogP contribution in [0.2, 0.25) is 0 Å². The first-order valence-corrected chi connectivity index (χ1v) is 10.9. The standard InChI is InChI=1S/C23H36N4O2/c1-18-7-5-6-12-27(18)21(28)17-25-13-15-26(16-14-25)22(29)24-20-10-8-19(9-11-20)23(2,3)4/h8-11,18H,5-7,12-17H2,1-4H3,(H,24,29). The zero-order valence-electron chi connectivity index (χ0n) is 18.4. The van der Waals surface area contributed by atoms with Gasteiger partial charge in [0, 0.05) is 44.5 Å². The fraction of sp³-hybridized carbons (Fsp3) is 0.652. The quantitative estimate of drug-likeness (QED) is 0.844. The van der Waals surface area contributed by atoms with Crippen molar-refractivity contribution < 1.29 is 9.59 Å². The van der Waals surface area contributed by atoms with Crippen molar-refractivity contribution >= 4 is 17.6 Å². The van der Waals surface area contributed by atoms with Crippen molar-refractivity contribution in [2.75, 3.05) is 44.6 Å². The van der Waals surface area contributed by atoms with E-state index in [9.17, 15) is 9.59 Å². The largest absolute Gasteiger partial charge is 0.339 e. The number of hydrogen-bond donors (Lipinski definition) is 1. The predicted octanol–water partition coefficient (Wildman–Crippen LogP) is 3.53. The molecule has 1 aromatic carbocycles. The van der Waals surface area contributed by atoms with E-state index in [0.717, 1.165) is 38.2 Å². The molecule has 160 valence electrons. The third-order valence-electron chi connectivity index (χ3n) is 6.14. The van der Waals surface area contributed by atoms with Crippen LogP contribution in [0.5, 0.6) is 0 Å². The van der Waals surface area contributed by atoms with Crippen molar-refractivity contribution in [1.29, 1.82) is 0 Å². The van der Waals surface area contributed by atoms with Gasteiger partial charge in [0.2, 0.25) is 5.91 Å². The van der Waals surface area contributed by atoms with Crippen LogP contribution in [0.1, 0.15) is 52.5 Å². The number of amides is 3. The molecule has 2 aliphatic heterocycles. The maximum atomic E-state index is 12.6. The van der Waals surface area contributed by atoms with Crippen LogP contribution in [0.4, 0.5) is 10.5 Å². The van der Waals surface area contributed by atoms with Crippen molar-refractivity contribution in [1.82, 2.24) is 14.7 Å². The summed E-state index contributed by atoms with van der Waals surface area (Å²) in [4.78, 5) is 31.3. The number of piperidine rings is 1. The molecule has 6 heteroatoms. The first-order valence-electron chi connectivity index (χ1n) is 10.9. The fourth-order valence-corrected chi connectivity index (χ4v) is 4.12. The molecule has 2 fully saturated rings. The second kappa shape index (κ2) is 9.16. The van der Waals surface area contributed by atoms with Crippen LogP contribution in [0.3, 0.4) is 0 Å². The van der Waals surface area contributed by atoms with Gasteiger partial charge in [0.25, 0.3) is 0 Å². The highest BCUT2D eigenvalue weighted by Gasteiger charge is 2.27. The number of urea groups is 1. The number of carbonyl (C=O) groups is 2. The Morgan fingerprint density at radius 3 is 2.24 bits per heavy atom. The van der Waals surface area contributed by atoms with E-state index in [4.69, 9.17) is 0 Å². The predicted molar refractivity (Wildman–Crippen MR) is 117 cm³/mol. The minimum absolute atomic E-state index is 0.0656. The number of nitrogens with zero attached hydrogens (tertiary/aromatic N) is 3. The number of nitrogens with one attached hydrogen (secondary N) is 1. The van der Waals surface area contributed by atoms with E-state index in [-0.39, 0.29) is 17.4 Å². The third kappa shape index (κ3) is 5.72. The maximum absolute atomic E-state index is 12.6. The third-order valence-corrected chi connectivity index (χ3v) is 6.14. The Hall–Kier alpha value is -2.08. The van der Waals surface area contributed by atoms with Crippen LogP contribution in [0.25, 0.3) is 0 Å². The van der Waals surface area contributed by atoms with E-state index in [1.807, 2.05) is 21.9 Å². The first-order chi connectivity index (χ1) is 13.7. The molecule has 0 saturated carbocycles. The average molecular weight is 401 g/mol. The zero-order chi connectivity index (χ0) is 21.0. The molecule has 29 heavy (non-hydrogen) atoms. The molecule has 0 aliphatic carbocycles. The van der Waals surface area contributed by atoms with Gasteiger partial charge in [0.1, 0.15) is 0 Å². The van der Waals surface area contributed by atoms with E-state index in [1.54, 1.807) is 0 Å². The van der Waals surface area contributed by atoms with Crippen LogP contribution in [-0.4, -0.2) is 71.9 Å². The number of likely N-dealkylation sites (tertiary alicyclic amines) is 1. The molecule has 1 aromatic rings. The molecular weight excluding hydrogens is 364 g/mol. The minimum atomic E-state index is -0.0656. The second-order valence-electron chi connectivity index (χ2n) is 9.45. The minimum Gasteiger partial charge on any atom is -0.339 e. The summed E-state index contributed by atoms with van der Waals surface area (Å²) >= 11 is 0. The average Bonchev–Trinajstić information content (AvgIpc) is 2.68. The van der Waals surface area contributed by atoms with Gasteiger partial charge in [-0.05, 0) is 49.3 Å². The lowest BCUT2D eigenvalue weighted by Gasteiger charge is -2.38. The highest BCUT2D eigenvalue weighted by Crippen LogP contribution is 2.23. The number of anilines is 1. The van der Waals surface area contributed by atoms with Gasteiger partial charge in [0.05, 0.1) is 6.54 Å². The molecule has 1 unspecified atom stereocenters. The lowest BCUT2D eigenvalue weighted by Crippen LogP contribution is -2.53. The number of rotatable bonds is 3. The lowest BCUT2D eigenvalue weighted by atomic mass is 9.87.